The molecule has 0 saturated heterocycles. The summed E-state index contributed by atoms with van der Waals surface area (Å²) in [4.78, 5) is 27.5. The highest BCUT2D eigenvalue weighted by Crippen LogP contribution is 2.27. The van der Waals surface area contributed by atoms with E-state index in [9.17, 15) is 9.59 Å². The molecular formula is C21H16N2O4. The molecule has 1 N–H and O–H groups in total. The van der Waals surface area contributed by atoms with Crippen LogP contribution in [0.15, 0.2) is 70.9 Å². The van der Waals surface area contributed by atoms with Crippen molar-refractivity contribution in [2.75, 3.05) is 11.9 Å². The molecule has 27 heavy (non-hydrogen) atoms. The second-order valence-corrected chi connectivity index (χ2v) is 6.14. The molecule has 0 aromatic heterocycles. The molecule has 2 aliphatic heterocycles. The second-order valence-electron chi connectivity index (χ2n) is 6.14. The summed E-state index contributed by atoms with van der Waals surface area (Å²) >= 11 is 0. The fourth-order valence-electron chi connectivity index (χ4n) is 2.82. The number of nitrogens with zero attached hydrogens (tertiary/aromatic N) is 1. The fourth-order valence-corrected chi connectivity index (χ4v) is 2.82. The highest BCUT2D eigenvalue weighted by Gasteiger charge is 2.25. The average Bonchev–Trinajstić information content (AvgIpc) is 3.02. The number of fused-ring (bicyclic) bond motifs is 1. The van der Waals surface area contributed by atoms with Gasteiger partial charge in [-0.1, -0.05) is 18.2 Å². The summed E-state index contributed by atoms with van der Waals surface area (Å²) in [5, 5.41) is 2.68. The van der Waals surface area contributed by atoms with Crippen molar-refractivity contribution in [3.63, 3.8) is 0 Å². The van der Waals surface area contributed by atoms with Crippen LogP contribution in [0.25, 0.3) is 6.08 Å². The Morgan fingerprint density at radius 3 is 2.70 bits per heavy atom. The van der Waals surface area contributed by atoms with Crippen molar-refractivity contribution < 1.29 is 19.1 Å². The Hall–Kier alpha value is -3.67. The molecule has 0 fully saturated rings. The molecule has 0 bridgehead atoms. The molecule has 0 unspecified atom stereocenters. The van der Waals surface area contributed by atoms with Crippen LogP contribution >= 0.6 is 0 Å². The van der Waals surface area contributed by atoms with E-state index in [0.717, 1.165) is 16.9 Å². The van der Waals surface area contributed by atoms with Crippen molar-refractivity contribution in [3.05, 3.63) is 77.0 Å². The summed E-state index contributed by atoms with van der Waals surface area (Å²) in [6.45, 7) is 1.81. The second kappa shape index (κ2) is 6.92. The number of para-hydroxylation sites is 1. The van der Waals surface area contributed by atoms with Crippen LogP contribution in [-0.2, 0) is 14.3 Å². The van der Waals surface area contributed by atoms with E-state index in [1.165, 1.54) is 6.92 Å². The molecule has 2 aromatic rings. The van der Waals surface area contributed by atoms with Crippen molar-refractivity contribution in [2.24, 2.45) is 4.99 Å². The van der Waals surface area contributed by atoms with Crippen LogP contribution in [0.3, 0.4) is 0 Å². The molecular weight excluding hydrogens is 344 g/mol. The molecule has 4 rings (SSSR count). The molecule has 2 aliphatic rings. The Morgan fingerprint density at radius 1 is 1.15 bits per heavy atom. The maximum Gasteiger partial charge on any atom is 0.363 e. The first-order valence-electron chi connectivity index (χ1n) is 8.41. The number of rotatable bonds is 3. The topological polar surface area (TPSA) is 77.0 Å². The van der Waals surface area contributed by atoms with Gasteiger partial charge in [0.25, 0.3) is 0 Å². The summed E-state index contributed by atoms with van der Waals surface area (Å²) in [6.07, 6.45) is 3.64. The molecule has 134 valence electrons. The predicted molar refractivity (Wildman–Crippen MR) is 101 cm³/mol. The maximum atomic E-state index is 12.2. The number of carbonyl (C=O) groups is 2. The van der Waals surface area contributed by atoms with E-state index >= 15 is 0 Å². The molecule has 0 spiro atoms. The largest absolute Gasteiger partial charge is 0.488 e. The van der Waals surface area contributed by atoms with Gasteiger partial charge in [0, 0.05) is 23.7 Å². The Bertz CT molecular complexity index is 1020. The van der Waals surface area contributed by atoms with Gasteiger partial charge < -0.3 is 14.8 Å². The molecule has 2 aromatic carbocycles. The molecule has 0 aliphatic carbocycles. The number of aliphatic imine (C=N–C) groups is 1. The van der Waals surface area contributed by atoms with Crippen molar-refractivity contribution in [1.29, 1.82) is 0 Å². The SMILES string of the molecule is CC(=O)Nc1ccc(C2=N/C(=C\C3=Cc4ccccc4OC3)C(=O)O2)cc1. The number of anilines is 1. The lowest BCUT2D eigenvalue weighted by atomic mass is 10.1. The first-order valence-corrected chi connectivity index (χ1v) is 8.41. The van der Waals surface area contributed by atoms with Crippen LogP contribution in [0.4, 0.5) is 5.69 Å². The summed E-state index contributed by atoms with van der Waals surface area (Å²) in [5.74, 6) is 0.397. The van der Waals surface area contributed by atoms with E-state index in [4.69, 9.17) is 9.47 Å². The third-order valence-electron chi connectivity index (χ3n) is 4.05. The monoisotopic (exact) mass is 360 g/mol. The number of ether oxygens (including phenoxy) is 2. The first-order chi connectivity index (χ1) is 13.1. The Balaban J connectivity index is 1.57. The lowest BCUT2D eigenvalue weighted by Crippen LogP contribution is -2.08. The zero-order chi connectivity index (χ0) is 18.8. The maximum absolute atomic E-state index is 12.2. The summed E-state index contributed by atoms with van der Waals surface area (Å²) < 4.78 is 11.0. The minimum absolute atomic E-state index is 0.151. The normalized spacial score (nSPS) is 16.8. The molecule has 1 amide bonds. The van der Waals surface area contributed by atoms with Gasteiger partial charge in [0.15, 0.2) is 5.70 Å². The van der Waals surface area contributed by atoms with Gasteiger partial charge in [0.1, 0.15) is 12.4 Å². The van der Waals surface area contributed by atoms with E-state index in [1.807, 2.05) is 30.3 Å². The van der Waals surface area contributed by atoms with Gasteiger partial charge in [-0.2, -0.15) is 0 Å². The van der Waals surface area contributed by atoms with E-state index in [2.05, 4.69) is 10.3 Å². The van der Waals surface area contributed by atoms with Crippen LogP contribution < -0.4 is 10.1 Å². The number of esters is 1. The molecule has 6 nitrogen and oxygen atoms in total. The minimum Gasteiger partial charge on any atom is -0.488 e. The zero-order valence-corrected chi connectivity index (χ0v) is 14.6. The van der Waals surface area contributed by atoms with Crippen LogP contribution in [0, 0.1) is 0 Å². The van der Waals surface area contributed by atoms with E-state index < -0.39 is 5.97 Å². The molecule has 0 saturated carbocycles. The lowest BCUT2D eigenvalue weighted by Gasteiger charge is -2.15. The van der Waals surface area contributed by atoms with Gasteiger partial charge in [0.2, 0.25) is 11.8 Å². The minimum atomic E-state index is -0.504. The van der Waals surface area contributed by atoms with Crippen molar-refractivity contribution >= 4 is 29.5 Å². The molecule has 0 radical (unpaired) electrons. The van der Waals surface area contributed by atoms with Crippen LogP contribution in [0.5, 0.6) is 5.75 Å². The Labute approximate surface area is 155 Å². The number of cyclic esters (lactones) is 1. The molecule has 0 atom stereocenters. The van der Waals surface area contributed by atoms with Crippen molar-refractivity contribution in [3.8, 4) is 5.75 Å². The van der Waals surface area contributed by atoms with Gasteiger partial charge in [-0.3, -0.25) is 4.79 Å². The standard InChI is InChI=1S/C21H16N2O4/c1-13(24)22-17-8-6-15(7-9-17)20-23-18(21(25)27-20)11-14-10-16-4-2-3-5-19(16)26-12-14/h2-11H,12H2,1H3,(H,22,24)/b18-11-. The number of amides is 1. The summed E-state index contributed by atoms with van der Waals surface area (Å²) in [6, 6.07) is 14.6. The smallest absolute Gasteiger partial charge is 0.363 e. The third kappa shape index (κ3) is 3.64. The Morgan fingerprint density at radius 2 is 1.93 bits per heavy atom. The number of carbonyl (C=O) groups excluding carboxylic acids is 2. The van der Waals surface area contributed by atoms with Gasteiger partial charge in [0.05, 0.1) is 0 Å². The van der Waals surface area contributed by atoms with Crippen LogP contribution in [-0.4, -0.2) is 24.4 Å². The van der Waals surface area contributed by atoms with E-state index in [-0.39, 0.29) is 17.5 Å². The summed E-state index contributed by atoms with van der Waals surface area (Å²) in [7, 11) is 0. The Kier molecular flexibility index (Phi) is 4.30. The van der Waals surface area contributed by atoms with Gasteiger partial charge in [-0.05, 0) is 48.1 Å². The number of hydrogen-bond acceptors (Lipinski definition) is 5. The average molecular weight is 360 g/mol. The van der Waals surface area contributed by atoms with Crippen molar-refractivity contribution in [1.82, 2.24) is 0 Å². The quantitative estimate of drug-likeness (QED) is 0.673. The first kappa shape index (κ1) is 16.8. The molecule has 6 heteroatoms. The zero-order valence-electron chi connectivity index (χ0n) is 14.6. The van der Waals surface area contributed by atoms with Crippen molar-refractivity contribution in [2.45, 2.75) is 6.92 Å². The fraction of sp³-hybridized carbons (Fsp3) is 0.0952. The van der Waals surface area contributed by atoms with Gasteiger partial charge in [-0.15, -0.1) is 0 Å². The van der Waals surface area contributed by atoms with Gasteiger partial charge in [-0.25, -0.2) is 9.79 Å². The van der Waals surface area contributed by atoms with Gasteiger partial charge >= 0.3 is 5.97 Å². The predicted octanol–water partition coefficient (Wildman–Crippen LogP) is 3.31. The van der Waals surface area contributed by atoms with Crippen LogP contribution in [0.2, 0.25) is 0 Å². The lowest BCUT2D eigenvalue weighted by molar-refractivity contribution is -0.130. The van der Waals surface area contributed by atoms with Crippen LogP contribution in [0.1, 0.15) is 18.1 Å². The van der Waals surface area contributed by atoms with E-state index in [0.29, 0.717) is 17.9 Å². The summed E-state index contributed by atoms with van der Waals surface area (Å²) in [5.41, 5.74) is 3.34. The van der Waals surface area contributed by atoms with E-state index in [1.54, 1.807) is 30.3 Å². The third-order valence-corrected chi connectivity index (χ3v) is 4.05. The number of hydrogen-bond donors (Lipinski definition) is 1. The number of nitrogens with one attached hydrogen (secondary N) is 1. The highest BCUT2D eigenvalue weighted by molar-refractivity contribution is 6.11. The number of benzene rings is 2. The highest BCUT2D eigenvalue weighted by atomic mass is 16.6. The molecule has 2 heterocycles.